The summed E-state index contributed by atoms with van der Waals surface area (Å²) in [5.41, 5.74) is 0.647. The molecule has 0 saturated carbocycles. The third-order valence-electron chi connectivity index (χ3n) is 5.22. The molecular formula is C21H23N5O4S. The molecule has 0 aliphatic carbocycles. The average molecular weight is 442 g/mol. The molecule has 31 heavy (non-hydrogen) atoms. The number of piperidine rings is 1. The minimum atomic E-state index is -0.555. The Kier molecular flexibility index (Phi) is 5.99. The predicted molar refractivity (Wildman–Crippen MR) is 119 cm³/mol. The molecule has 9 nitrogen and oxygen atoms in total. The number of carbonyl (C=O) groups excluding carboxylic acids is 2. The monoisotopic (exact) mass is 441 g/mol. The van der Waals surface area contributed by atoms with Crippen LogP contribution in [0.4, 0.5) is 10.8 Å². The van der Waals surface area contributed by atoms with Gasteiger partial charge in [0.2, 0.25) is 5.91 Å². The molecule has 0 radical (unpaired) electrons. The molecule has 1 aromatic carbocycles. The van der Waals surface area contributed by atoms with Crippen LogP contribution in [0, 0.1) is 5.92 Å². The Bertz CT molecular complexity index is 1190. The number of methoxy groups -OCH3 is 1. The van der Waals surface area contributed by atoms with Gasteiger partial charge in [-0.25, -0.2) is 9.78 Å². The number of thiazole rings is 1. The number of anilines is 2. The molecule has 0 bridgehead atoms. The largest absolute Gasteiger partial charge is 0.465 e. The first kappa shape index (κ1) is 21.0. The number of amides is 1. The SMILES string of the molecule is COC(=O)c1ccccc1NC(=O)Cn1cnc2nc(N3CCC[C@@H](C)C3)sc2c1=O. The van der Waals surface area contributed by atoms with Crippen molar-refractivity contribution in [2.45, 2.75) is 26.3 Å². The van der Waals surface area contributed by atoms with Crippen LogP contribution in [0.2, 0.25) is 0 Å². The van der Waals surface area contributed by atoms with Gasteiger partial charge in [0, 0.05) is 13.1 Å². The van der Waals surface area contributed by atoms with Crippen LogP contribution in [0.15, 0.2) is 35.4 Å². The summed E-state index contributed by atoms with van der Waals surface area (Å²) in [4.78, 5) is 48.3. The predicted octanol–water partition coefficient (Wildman–Crippen LogP) is 2.51. The van der Waals surface area contributed by atoms with E-state index in [1.54, 1.807) is 24.3 Å². The van der Waals surface area contributed by atoms with Gasteiger partial charge in [0.25, 0.3) is 5.56 Å². The molecule has 10 heteroatoms. The fourth-order valence-electron chi connectivity index (χ4n) is 3.67. The Morgan fingerprint density at radius 3 is 2.90 bits per heavy atom. The van der Waals surface area contributed by atoms with E-state index in [0.717, 1.165) is 24.6 Å². The van der Waals surface area contributed by atoms with E-state index in [1.165, 1.54) is 35.8 Å². The van der Waals surface area contributed by atoms with Crippen LogP contribution in [0.25, 0.3) is 10.3 Å². The van der Waals surface area contributed by atoms with Gasteiger partial charge in [-0.3, -0.25) is 14.2 Å². The van der Waals surface area contributed by atoms with Crippen LogP contribution in [0.1, 0.15) is 30.1 Å². The number of hydrogen-bond donors (Lipinski definition) is 1. The molecule has 0 unspecified atom stereocenters. The zero-order valence-electron chi connectivity index (χ0n) is 17.3. The summed E-state index contributed by atoms with van der Waals surface area (Å²) in [7, 11) is 1.27. The van der Waals surface area contributed by atoms with Crippen molar-refractivity contribution in [1.82, 2.24) is 14.5 Å². The van der Waals surface area contributed by atoms with E-state index in [9.17, 15) is 14.4 Å². The average Bonchev–Trinajstić information content (AvgIpc) is 3.21. The Morgan fingerprint density at radius 1 is 1.32 bits per heavy atom. The molecule has 1 atom stereocenters. The number of nitrogens with zero attached hydrogens (tertiary/aromatic N) is 4. The van der Waals surface area contributed by atoms with Crippen LogP contribution in [0.5, 0.6) is 0 Å². The lowest BCUT2D eigenvalue weighted by Crippen LogP contribution is -2.34. The molecule has 4 rings (SSSR count). The van der Waals surface area contributed by atoms with E-state index in [0.29, 0.717) is 22.0 Å². The van der Waals surface area contributed by atoms with Gasteiger partial charge in [0.1, 0.15) is 17.6 Å². The van der Waals surface area contributed by atoms with Crippen molar-refractivity contribution in [3.63, 3.8) is 0 Å². The number of rotatable bonds is 5. The van der Waals surface area contributed by atoms with E-state index >= 15 is 0 Å². The Hall–Kier alpha value is -3.27. The number of esters is 1. The maximum atomic E-state index is 12.9. The number of ether oxygens (including phenoxy) is 1. The number of carbonyl (C=O) groups is 2. The van der Waals surface area contributed by atoms with Crippen molar-refractivity contribution >= 4 is 44.4 Å². The molecule has 1 amide bonds. The second-order valence-corrected chi connectivity index (χ2v) is 8.58. The maximum Gasteiger partial charge on any atom is 0.339 e. The number of aromatic nitrogens is 3. The van der Waals surface area contributed by atoms with E-state index < -0.39 is 11.9 Å². The Labute approximate surface area is 182 Å². The van der Waals surface area contributed by atoms with Crippen LogP contribution < -0.4 is 15.8 Å². The van der Waals surface area contributed by atoms with Crippen molar-refractivity contribution in [2.24, 2.45) is 5.92 Å². The standard InChI is InChI=1S/C21H23N5O4S/c1-13-6-5-9-25(10-13)21-24-18-17(31-21)19(28)26(12-22-18)11-16(27)23-15-8-4-3-7-14(15)20(29)30-2/h3-4,7-8,12-13H,5-6,9-11H2,1-2H3,(H,23,27)/t13-/m1/s1. The highest BCUT2D eigenvalue weighted by Crippen LogP contribution is 2.29. The molecule has 3 heterocycles. The summed E-state index contributed by atoms with van der Waals surface area (Å²) in [5, 5.41) is 3.46. The minimum Gasteiger partial charge on any atom is -0.465 e. The first-order valence-electron chi connectivity index (χ1n) is 10.0. The quantitative estimate of drug-likeness (QED) is 0.606. The molecule has 3 aromatic rings. The summed E-state index contributed by atoms with van der Waals surface area (Å²) >= 11 is 1.31. The first-order chi connectivity index (χ1) is 15.0. The maximum absolute atomic E-state index is 12.9. The number of para-hydroxylation sites is 1. The minimum absolute atomic E-state index is 0.231. The van der Waals surface area contributed by atoms with Crippen molar-refractivity contribution in [3.05, 3.63) is 46.5 Å². The summed E-state index contributed by atoms with van der Waals surface area (Å²) < 4.78 is 6.42. The van der Waals surface area contributed by atoms with Gasteiger partial charge in [-0.2, -0.15) is 4.98 Å². The summed E-state index contributed by atoms with van der Waals surface area (Å²) in [5.74, 6) is -0.420. The lowest BCUT2D eigenvalue weighted by atomic mass is 10.0. The van der Waals surface area contributed by atoms with Crippen molar-refractivity contribution in [2.75, 3.05) is 30.4 Å². The fourth-order valence-corrected chi connectivity index (χ4v) is 4.67. The smallest absolute Gasteiger partial charge is 0.339 e. The zero-order valence-corrected chi connectivity index (χ0v) is 18.1. The van der Waals surface area contributed by atoms with Gasteiger partial charge in [-0.05, 0) is 30.9 Å². The van der Waals surface area contributed by atoms with Gasteiger partial charge in [0.15, 0.2) is 10.8 Å². The number of nitrogens with one attached hydrogen (secondary N) is 1. The van der Waals surface area contributed by atoms with Crippen LogP contribution >= 0.6 is 11.3 Å². The number of hydrogen-bond acceptors (Lipinski definition) is 8. The van der Waals surface area contributed by atoms with Crippen LogP contribution in [-0.4, -0.2) is 46.6 Å². The lowest BCUT2D eigenvalue weighted by molar-refractivity contribution is -0.116. The second-order valence-electron chi connectivity index (χ2n) is 7.61. The molecule has 1 saturated heterocycles. The molecule has 1 aliphatic heterocycles. The van der Waals surface area contributed by atoms with Gasteiger partial charge in [-0.15, -0.1) is 0 Å². The molecule has 1 fully saturated rings. The van der Waals surface area contributed by atoms with Gasteiger partial charge < -0.3 is 15.0 Å². The first-order valence-corrected chi connectivity index (χ1v) is 10.9. The fraction of sp³-hybridized carbons (Fsp3) is 0.381. The van der Waals surface area contributed by atoms with Gasteiger partial charge in [0.05, 0.1) is 18.4 Å². The molecule has 162 valence electrons. The summed E-state index contributed by atoms with van der Waals surface area (Å²) in [6.45, 7) is 3.81. The number of fused-ring (bicyclic) bond motifs is 1. The van der Waals surface area contributed by atoms with E-state index in [1.807, 2.05) is 0 Å². The van der Waals surface area contributed by atoms with E-state index in [2.05, 4.69) is 27.1 Å². The van der Waals surface area contributed by atoms with Crippen molar-refractivity contribution in [1.29, 1.82) is 0 Å². The molecular weight excluding hydrogens is 418 g/mol. The van der Waals surface area contributed by atoms with E-state index in [4.69, 9.17) is 4.74 Å². The van der Waals surface area contributed by atoms with Crippen LogP contribution in [-0.2, 0) is 16.1 Å². The highest BCUT2D eigenvalue weighted by atomic mass is 32.1. The van der Waals surface area contributed by atoms with Gasteiger partial charge in [-0.1, -0.05) is 30.4 Å². The van der Waals surface area contributed by atoms with Gasteiger partial charge >= 0.3 is 5.97 Å². The highest BCUT2D eigenvalue weighted by molar-refractivity contribution is 7.22. The summed E-state index contributed by atoms with van der Waals surface area (Å²) in [6.07, 6.45) is 3.63. The normalized spacial score (nSPS) is 16.3. The zero-order chi connectivity index (χ0) is 22.0. The third-order valence-corrected chi connectivity index (χ3v) is 6.31. The molecule has 0 spiro atoms. The Morgan fingerprint density at radius 2 is 2.13 bits per heavy atom. The Balaban J connectivity index is 1.54. The van der Waals surface area contributed by atoms with Crippen molar-refractivity contribution in [3.8, 4) is 0 Å². The molecule has 1 N–H and O–H groups in total. The topological polar surface area (TPSA) is 106 Å². The second kappa shape index (κ2) is 8.84. The van der Waals surface area contributed by atoms with Crippen LogP contribution in [0.3, 0.4) is 0 Å². The number of benzene rings is 1. The molecule has 1 aliphatic rings. The lowest BCUT2D eigenvalue weighted by Gasteiger charge is -2.30. The third kappa shape index (κ3) is 4.43. The highest BCUT2D eigenvalue weighted by Gasteiger charge is 2.21. The van der Waals surface area contributed by atoms with E-state index in [-0.39, 0.29) is 17.7 Å². The summed E-state index contributed by atoms with van der Waals surface area (Å²) in [6, 6.07) is 6.53. The van der Waals surface area contributed by atoms with Crippen molar-refractivity contribution < 1.29 is 14.3 Å². The molecule has 2 aromatic heterocycles.